The van der Waals surface area contributed by atoms with Gasteiger partial charge in [0.05, 0.1) is 24.8 Å². The molecule has 3 aromatic rings. The Hall–Kier alpha value is -2.65. The van der Waals surface area contributed by atoms with Crippen LogP contribution >= 0.6 is 23.7 Å². The summed E-state index contributed by atoms with van der Waals surface area (Å²) in [6.45, 7) is 3.22. The molecule has 0 saturated carbocycles. The van der Waals surface area contributed by atoms with E-state index in [1.54, 1.807) is 14.2 Å². The van der Waals surface area contributed by atoms with Crippen molar-refractivity contribution >= 4 is 29.7 Å². The molecule has 0 atom stereocenters. The molecule has 2 heterocycles. The Balaban J connectivity index is 0.00000181. The summed E-state index contributed by atoms with van der Waals surface area (Å²) in [4.78, 5) is 23.0. The minimum Gasteiger partial charge on any atom is -0.497 e. The molecule has 1 amide bonds. The Labute approximate surface area is 198 Å². The number of amides is 1. The Bertz CT molecular complexity index is 952. The van der Waals surface area contributed by atoms with E-state index in [0.717, 1.165) is 59.4 Å². The van der Waals surface area contributed by atoms with Crippen molar-refractivity contribution in [3.63, 3.8) is 0 Å². The fourth-order valence-electron chi connectivity index (χ4n) is 3.44. The van der Waals surface area contributed by atoms with Gasteiger partial charge in [-0.25, -0.2) is 4.98 Å². The zero-order chi connectivity index (χ0) is 21.1. The SMILES string of the molecule is COc1ccc(-c2nc(C(=O)N3CCN(C)CC3)sc2-c2ccc(OC)cc2)cc1.Cl.O. The highest BCUT2D eigenvalue weighted by atomic mass is 35.5. The van der Waals surface area contributed by atoms with E-state index in [0.29, 0.717) is 5.01 Å². The Kier molecular flexibility index (Phi) is 9.03. The number of nitrogens with zero attached hydrogens (tertiary/aromatic N) is 3. The van der Waals surface area contributed by atoms with Crippen LogP contribution in [0.1, 0.15) is 9.80 Å². The molecule has 0 bridgehead atoms. The maximum atomic E-state index is 13.2. The lowest BCUT2D eigenvalue weighted by molar-refractivity contribution is 0.0664. The molecule has 32 heavy (non-hydrogen) atoms. The number of carbonyl (C=O) groups is 1. The first-order valence-corrected chi connectivity index (χ1v) is 10.7. The van der Waals surface area contributed by atoms with Gasteiger partial charge in [0.2, 0.25) is 0 Å². The molecule has 0 aliphatic carbocycles. The summed E-state index contributed by atoms with van der Waals surface area (Å²) >= 11 is 1.45. The van der Waals surface area contributed by atoms with Crippen LogP contribution in [-0.4, -0.2) is 73.6 Å². The van der Waals surface area contributed by atoms with Crippen molar-refractivity contribution in [3.8, 4) is 33.2 Å². The van der Waals surface area contributed by atoms with Crippen LogP contribution in [0, 0.1) is 0 Å². The van der Waals surface area contributed by atoms with Gasteiger partial charge in [-0.1, -0.05) is 0 Å². The lowest BCUT2D eigenvalue weighted by Crippen LogP contribution is -2.47. The standard InChI is InChI=1S/C23H25N3O3S.ClH.H2O/c1-25-12-14-26(15-13-25)23(27)22-24-20(16-4-8-18(28-2)9-5-16)21(30-22)17-6-10-19(29-3)11-7-17;;/h4-11H,12-15H2,1-3H3;1H;1H2. The highest BCUT2D eigenvalue weighted by Crippen LogP contribution is 2.38. The van der Waals surface area contributed by atoms with Crippen molar-refractivity contribution in [2.24, 2.45) is 0 Å². The van der Waals surface area contributed by atoms with E-state index < -0.39 is 0 Å². The van der Waals surface area contributed by atoms with Gasteiger partial charge in [-0.2, -0.15) is 0 Å². The van der Waals surface area contributed by atoms with Crippen LogP contribution in [0.4, 0.5) is 0 Å². The summed E-state index contributed by atoms with van der Waals surface area (Å²) in [5.74, 6) is 1.58. The molecular formula is C23H28ClN3O4S. The van der Waals surface area contributed by atoms with Crippen molar-refractivity contribution in [3.05, 3.63) is 53.5 Å². The number of methoxy groups -OCH3 is 2. The van der Waals surface area contributed by atoms with Gasteiger partial charge in [0.25, 0.3) is 5.91 Å². The van der Waals surface area contributed by atoms with Gasteiger partial charge in [0.15, 0.2) is 5.01 Å². The van der Waals surface area contributed by atoms with Crippen LogP contribution in [0.15, 0.2) is 48.5 Å². The number of thiazole rings is 1. The number of carbonyl (C=O) groups excluding carboxylic acids is 1. The third-order valence-electron chi connectivity index (χ3n) is 5.32. The monoisotopic (exact) mass is 477 g/mol. The van der Waals surface area contributed by atoms with E-state index >= 15 is 0 Å². The van der Waals surface area contributed by atoms with Crippen LogP contribution in [-0.2, 0) is 0 Å². The van der Waals surface area contributed by atoms with Gasteiger partial charge in [-0.05, 0) is 61.1 Å². The molecule has 7 nitrogen and oxygen atoms in total. The highest BCUT2D eigenvalue weighted by molar-refractivity contribution is 7.17. The Morgan fingerprint density at radius 2 is 1.38 bits per heavy atom. The van der Waals surface area contributed by atoms with Gasteiger partial charge >= 0.3 is 0 Å². The zero-order valence-electron chi connectivity index (χ0n) is 18.3. The number of benzene rings is 2. The molecule has 1 fully saturated rings. The molecule has 1 aliphatic heterocycles. The summed E-state index contributed by atoms with van der Waals surface area (Å²) in [6, 6.07) is 15.6. The van der Waals surface area contributed by atoms with Crippen LogP contribution < -0.4 is 9.47 Å². The molecule has 1 aliphatic rings. The van der Waals surface area contributed by atoms with E-state index in [4.69, 9.17) is 14.5 Å². The van der Waals surface area contributed by atoms with E-state index in [1.165, 1.54) is 11.3 Å². The van der Waals surface area contributed by atoms with E-state index in [-0.39, 0.29) is 23.8 Å². The van der Waals surface area contributed by atoms with Crippen LogP contribution in [0.5, 0.6) is 11.5 Å². The quantitative estimate of drug-likeness (QED) is 0.561. The van der Waals surface area contributed by atoms with Gasteiger partial charge in [0.1, 0.15) is 11.5 Å². The fourth-order valence-corrected chi connectivity index (χ4v) is 4.50. The number of ether oxygens (including phenoxy) is 2. The number of hydrogen-bond donors (Lipinski definition) is 0. The normalized spacial score (nSPS) is 13.7. The molecule has 9 heteroatoms. The molecule has 4 rings (SSSR count). The summed E-state index contributed by atoms with van der Waals surface area (Å²) < 4.78 is 10.6. The zero-order valence-corrected chi connectivity index (χ0v) is 20.0. The Morgan fingerprint density at radius 1 is 0.875 bits per heavy atom. The number of halogens is 1. The van der Waals surface area contributed by atoms with E-state index in [1.807, 2.05) is 53.4 Å². The first-order valence-electron chi connectivity index (χ1n) is 9.86. The lowest BCUT2D eigenvalue weighted by atomic mass is 10.1. The molecule has 0 spiro atoms. The third-order valence-corrected chi connectivity index (χ3v) is 6.41. The van der Waals surface area contributed by atoms with Gasteiger partial charge in [-0.15, -0.1) is 23.7 Å². The van der Waals surface area contributed by atoms with Gasteiger partial charge in [-0.3, -0.25) is 4.79 Å². The molecule has 0 unspecified atom stereocenters. The fraction of sp³-hybridized carbons (Fsp3) is 0.304. The van der Waals surface area contributed by atoms with Gasteiger partial charge in [0, 0.05) is 31.7 Å². The first-order chi connectivity index (χ1) is 14.6. The topological polar surface area (TPSA) is 86.4 Å². The average molecular weight is 478 g/mol. The minimum atomic E-state index is 0. The second-order valence-electron chi connectivity index (χ2n) is 7.25. The Morgan fingerprint density at radius 3 is 1.88 bits per heavy atom. The first kappa shape index (κ1) is 25.6. The summed E-state index contributed by atoms with van der Waals surface area (Å²) in [6.07, 6.45) is 0. The molecule has 172 valence electrons. The molecule has 2 aromatic carbocycles. The minimum absolute atomic E-state index is 0. The molecule has 1 aromatic heterocycles. The summed E-state index contributed by atoms with van der Waals surface area (Å²) in [5.41, 5.74) is 2.78. The van der Waals surface area contributed by atoms with Crippen LogP contribution in [0.2, 0.25) is 0 Å². The van der Waals surface area contributed by atoms with E-state index in [9.17, 15) is 4.79 Å². The third kappa shape index (κ3) is 5.39. The highest BCUT2D eigenvalue weighted by Gasteiger charge is 2.25. The van der Waals surface area contributed by atoms with Gasteiger partial charge < -0.3 is 24.7 Å². The maximum Gasteiger partial charge on any atom is 0.282 e. The van der Waals surface area contributed by atoms with Crippen LogP contribution in [0.25, 0.3) is 21.7 Å². The number of likely N-dealkylation sites (N-methyl/N-ethyl adjacent to an activating group) is 1. The summed E-state index contributed by atoms with van der Waals surface area (Å²) in [7, 11) is 5.37. The van der Waals surface area contributed by atoms with E-state index in [2.05, 4.69) is 11.9 Å². The maximum absolute atomic E-state index is 13.2. The van der Waals surface area contributed by atoms with Crippen LogP contribution in [0.3, 0.4) is 0 Å². The average Bonchev–Trinajstić information content (AvgIpc) is 3.24. The molecular weight excluding hydrogens is 450 g/mol. The number of rotatable bonds is 5. The molecule has 0 radical (unpaired) electrons. The van der Waals surface area contributed by atoms with Crippen molar-refractivity contribution in [1.29, 1.82) is 0 Å². The number of piperazine rings is 1. The van der Waals surface area contributed by atoms with Crippen molar-refractivity contribution in [2.75, 3.05) is 47.4 Å². The number of hydrogen-bond acceptors (Lipinski definition) is 6. The predicted octanol–water partition coefficient (Wildman–Crippen LogP) is 3.48. The molecule has 1 saturated heterocycles. The predicted molar refractivity (Wildman–Crippen MR) is 130 cm³/mol. The lowest BCUT2D eigenvalue weighted by Gasteiger charge is -2.31. The smallest absolute Gasteiger partial charge is 0.282 e. The molecule has 2 N–H and O–H groups in total. The van der Waals surface area contributed by atoms with Crippen molar-refractivity contribution < 1.29 is 19.7 Å². The second-order valence-corrected chi connectivity index (χ2v) is 8.25. The second kappa shape index (κ2) is 11.3. The summed E-state index contributed by atoms with van der Waals surface area (Å²) in [5, 5.41) is 0.524. The largest absolute Gasteiger partial charge is 0.497 e. The number of aromatic nitrogens is 1. The van der Waals surface area contributed by atoms with Crippen molar-refractivity contribution in [1.82, 2.24) is 14.8 Å². The van der Waals surface area contributed by atoms with Crippen molar-refractivity contribution in [2.45, 2.75) is 0 Å².